The highest BCUT2D eigenvalue weighted by Crippen LogP contribution is 2.27. The van der Waals surface area contributed by atoms with E-state index in [9.17, 15) is 0 Å². The van der Waals surface area contributed by atoms with Gasteiger partial charge in [-0.05, 0) is 42.7 Å². The van der Waals surface area contributed by atoms with Gasteiger partial charge < -0.3 is 5.32 Å². The van der Waals surface area contributed by atoms with Crippen LogP contribution < -0.4 is 5.32 Å². The Hall–Kier alpha value is -0.340. The van der Waals surface area contributed by atoms with E-state index < -0.39 is 0 Å². The molecule has 1 atom stereocenters. The van der Waals surface area contributed by atoms with Crippen LogP contribution in [0.3, 0.4) is 0 Å². The van der Waals surface area contributed by atoms with Crippen molar-refractivity contribution >= 4 is 11.3 Å². The molecule has 0 aliphatic heterocycles. The van der Waals surface area contributed by atoms with Gasteiger partial charge in [-0.15, -0.1) is 11.3 Å². The summed E-state index contributed by atoms with van der Waals surface area (Å²) in [4.78, 5) is 1.50. The fourth-order valence-corrected chi connectivity index (χ4v) is 3.97. The Kier molecular flexibility index (Phi) is 5.71. The van der Waals surface area contributed by atoms with Gasteiger partial charge in [0.05, 0.1) is 0 Å². The molecule has 1 nitrogen and oxygen atoms in total. The average molecular weight is 265 g/mol. The molecule has 1 N–H and O–H groups in total. The van der Waals surface area contributed by atoms with E-state index in [1.807, 2.05) is 11.3 Å². The van der Waals surface area contributed by atoms with Gasteiger partial charge in [-0.2, -0.15) is 0 Å². The zero-order valence-electron chi connectivity index (χ0n) is 11.8. The zero-order chi connectivity index (χ0) is 12.8. The van der Waals surface area contributed by atoms with Crippen molar-refractivity contribution in [2.45, 2.75) is 58.4 Å². The number of hydrogen-bond acceptors (Lipinski definition) is 2. The van der Waals surface area contributed by atoms with Gasteiger partial charge >= 0.3 is 0 Å². The van der Waals surface area contributed by atoms with Crippen LogP contribution in [0.2, 0.25) is 0 Å². The number of thiophene rings is 1. The Bertz CT molecular complexity index is 310. The molecule has 0 bridgehead atoms. The van der Waals surface area contributed by atoms with Crippen molar-refractivity contribution in [3.05, 3.63) is 22.4 Å². The van der Waals surface area contributed by atoms with E-state index in [4.69, 9.17) is 0 Å². The van der Waals surface area contributed by atoms with Gasteiger partial charge in [0.1, 0.15) is 0 Å². The molecule has 102 valence electrons. The highest BCUT2D eigenvalue weighted by Gasteiger charge is 2.19. The number of rotatable bonds is 5. The van der Waals surface area contributed by atoms with Gasteiger partial charge in [-0.1, -0.05) is 45.6 Å². The number of nitrogens with one attached hydrogen (secondary N) is 1. The lowest BCUT2D eigenvalue weighted by Crippen LogP contribution is -2.30. The third-order valence-corrected chi connectivity index (χ3v) is 5.07. The summed E-state index contributed by atoms with van der Waals surface area (Å²) >= 11 is 1.89. The molecule has 1 aromatic heterocycles. The minimum Gasteiger partial charge on any atom is -0.309 e. The smallest absolute Gasteiger partial charge is 0.0438 e. The molecule has 1 unspecified atom stereocenters. The molecular formula is C16H27NS. The summed E-state index contributed by atoms with van der Waals surface area (Å²) in [5, 5.41) is 6.02. The predicted octanol–water partition coefficient (Wildman–Crippen LogP) is 5.01. The molecule has 2 heteroatoms. The van der Waals surface area contributed by atoms with Crippen molar-refractivity contribution in [3.63, 3.8) is 0 Å². The first-order valence-electron chi connectivity index (χ1n) is 7.54. The maximum absolute atomic E-state index is 3.83. The van der Waals surface area contributed by atoms with Gasteiger partial charge in [-0.3, -0.25) is 0 Å². The lowest BCUT2D eigenvalue weighted by atomic mass is 9.97. The highest BCUT2D eigenvalue weighted by molar-refractivity contribution is 7.10. The van der Waals surface area contributed by atoms with Crippen molar-refractivity contribution < 1.29 is 0 Å². The summed E-state index contributed by atoms with van der Waals surface area (Å²) < 4.78 is 0. The Labute approximate surface area is 116 Å². The van der Waals surface area contributed by atoms with Crippen molar-refractivity contribution in [3.8, 4) is 0 Å². The van der Waals surface area contributed by atoms with Gasteiger partial charge in [0.25, 0.3) is 0 Å². The molecule has 1 fully saturated rings. The lowest BCUT2D eigenvalue weighted by Gasteiger charge is -2.24. The van der Waals surface area contributed by atoms with Crippen LogP contribution in [0, 0.1) is 11.8 Å². The second-order valence-corrected chi connectivity index (χ2v) is 6.98. The van der Waals surface area contributed by atoms with Gasteiger partial charge in [-0.25, -0.2) is 0 Å². The first-order valence-corrected chi connectivity index (χ1v) is 8.42. The van der Waals surface area contributed by atoms with E-state index in [1.165, 1.54) is 49.9 Å². The molecule has 1 heterocycles. The molecule has 1 aliphatic carbocycles. The first-order chi connectivity index (χ1) is 8.77. The normalized spacial score (nSPS) is 19.9. The van der Waals surface area contributed by atoms with Crippen LogP contribution in [0.15, 0.2) is 17.5 Å². The Morgan fingerprint density at radius 2 is 1.94 bits per heavy atom. The SMILES string of the molecule is CC(C)C(NCC1CCCCCC1)c1cccs1. The second-order valence-electron chi connectivity index (χ2n) is 6.00. The van der Waals surface area contributed by atoms with Crippen LogP contribution in [0.1, 0.15) is 63.3 Å². The maximum atomic E-state index is 3.83. The molecule has 0 aromatic carbocycles. The summed E-state index contributed by atoms with van der Waals surface area (Å²) in [5.74, 6) is 1.59. The molecule has 1 saturated carbocycles. The van der Waals surface area contributed by atoms with Crippen molar-refractivity contribution in [2.75, 3.05) is 6.54 Å². The predicted molar refractivity (Wildman–Crippen MR) is 81.1 cm³/mol. The standard InChI is InChI=1S/C16H27NS/c1-13(2)16(15-10-7-11-18-15)17-12-14-8-5-3-4-6-9-14/h7,10-11,13-14,16-17H,3-6,8-9,12H2,1-2H3. The Balaban J connectivity index is 1.85. The van der Waals surface area contributed by atoms with Crippen LogP contribution in [0.4, 0.5) is 0 Å². The molecule has 1 aromatic rings. The summed E-state index contributed by atoms with van der Waals surface area (Å²) in [6, 6.07) is 4.99. The van der Waals surface area contributed by atoms with E-state index in [1.54, 1.807) is 0 Å². The van der Waals surface area contributed by atoms with Gasteiger partial charge in [0.15, 0.2) is 0 Å². The monoisotopic (exact) mass is 265 g/mol. The van der Waals surface area contributed by atoms with Crippen LogP contribution >= 0.6 is 11.3 Å². The third kappa shape index (κ3) is 4.10. The van der Waals surface area contributed by atoms with Crippen molar-refractivity contribution in [1.29, 1.82) is 0 Å². The molecule has 2 rings (SSSR count). The highest BCUT2D eigenvalue weighted by atomic mass is 32.1. The minimum absolute atomic E-state index is 0.549. The molecule has 0 amide bonds. The summed E-state index contributed by atoms with van der Waals surface area (Å²) in [5.41, 5.74) is 0. The van der Waals surface area contributed by atoms with Crippen LogP contribution in [0.5, 0.6) is 0 Å². The minimum atomic E-state index is 0.549. The van der Waals surface area contributed by atoms with Crippen LogP contribution in [-0.2, 0) is 0 Å². The fourth-order valence-electron chi connectivity index (χ4n) is 2.99. The largest absolute Gasteiger partial charge is 0.309 e. The second kappa shape index (κ2) is 7.30. The first kappa shape index (κ1) is 14.1. The third-order valence-electron chi connectivity index (χ3n) is 4.12. The van der Waals surface area contributed by atoms with Gasteiger partial charge in [0, 0.05) is 10.9 Å². The summed E-state index contributed by atoms with van der Waals surface area (Å²) in [7, 11) is 0. The quantitative estimate of drug-likeness (QED) is 0.738. The average Bonchev–Trinajstić information content (AvgIpc) is 2.73. The van der Waals surface area contributed by atoms with E-state index in [-0.39, 0.29) is 0 Å². The molecule has 0 saturated heterocycles. The Morgan fingerprint density at radius 3 is 2.50 bits per heavy atom. The molecular weight excluding hydrogens is 238 g/mol. The number of hydrogen-bond donors (Lipinski definition) is 1. The summed E-state index contributed by atoms with van der Waals surface area (Å²) in [6.45, 7) is 5.86. The molecule has 0 spiro atoms. The lowest BCUT2D eigenvalue weighted by molar-refractivity contribution is 0.352. The molecule has 1 aliphatic rings. The zero-order valence-corrected chi connectivity index (χ0v) is 12.6. The maximum Gasteiger partial charge on any atom is 0.0438 e. The van der Waals surface area contributed by atoms with E-state index in [0.29, 0.717) is 12.0 Å². The summed E-state index contributed by atoms with van der Waals surface area (Å²) in [6.07, 6.45) is 8.66. The fraction of sp³-hybridized carbons (Fsp3) is 0.750. The van der Waals surface area contributed by atoms with E-state index >= 15 is 0 Å². The van der Waals surface area contributed by atoms with Crippen molar-refractivity contribution in [2.24, 2.45) is 11.8 Å². The van der Waals surface area contributed by atoms with Gasteiger partial charge in [0.2, 0.25) is 0 Å². The molecule has 0 radical (unpaired) electrons. The van der Waals surface area contributed by atoms with E-state index in [2.05, 4.69) is 36.7 Å². The Morgan fingerprint density at radius 1 is 1.22 bits per heavy atom. The van der Waals surface area contributed by atoms with Crippen LogP contribution in [-0.4, -0.2) is 6.54 Å². The van der Waals surface area contributed by atoms with Crippen LogP contribution in [0.25, 0.3) is 0 Å². The van der Waals surface area contributed by atoms with Crippen molar-refractivity contribution in [1.82, 2.24) is 5.32 Å². The topological polar surface area (TPSA) is 12.0 Å². The van der Waals surface area contributed by atoms with E-state index in [0.717, 1.165) is 5.92 Å². The molecule has 18 heavy (non-hydrogen) atoms.